The van der Waals surface area contributed by atoms with Crippen molar-refractivity contribution in [3.8, 4) is 0 Å². The van der Waals surface area contributed by atoms with Crippen LogP contribution in [-0.2, 0) is 12.8 Å². The van der Waals surface area contributed by atoms with Gasteiger partial charge in [0.15, 0.2) is 0 Å². The fraction of sp³-hybridized carbons (Fsp3) is 0.267. The monoisotopic (exact) mass is 245 g/mol. The highest BCUT2D eigenvalue weighted by Crippen LogP contribution is 2.18. The predicted octanol–water partition coefficient (Wildman–Crippen LogP) is 2.76. The van der Waals surface area contributed by atoms with Gasteiger partial charge in [0.25, 0.3) is 0 Å². The maximum absolute atomic E-state index is 12.8. The maximum atomic E-state index is 12.8. The zero-order valence-electron chi connectivity index (χ0n) is 10.3. The number of benzene rings is 1. The van der Waals surface area contributed by atoms with Gasteiger partial charge in [0, 0.05) is 24.7 Å². The molecule has 1 aromatic carbocycles. The SMILES string of the molecule is CC(O)(Cc1ccc(F)cc1)Cc1ccccn1. The van der Waals surface area contributed by atoms with Crippen LogP contribution in [0.15, 0.2) is 48.7 Å². The number of nitrogens with zero attached hydrogens (tertiary/aromatic N) is 1. The van der Waals surface area contributed by atoms with Crippen molar-refractivity contribution < 1.29 is 9.50 Å². The zero-order chi connectivity index (χ0) is 13.0. The third kappa shape index (κ3) is 3.64. The smallest absolute Gasteiger partial charge is 0.123 e. The second-order valence-electron chi connectivity index (χ2n) is 4.80. The Kier molecular flexibility index (Phi) is 3.72. The summed E-state index contributed by atoms with van der Waals surface area (Å²) in [6, 6.07) is 11.8. The van der Waals surface area contributed by atoms with Gasteiger partial charge in [0.1, 0.15) is 5.82 Å². The predicted molar refractivity (Wildman–Crippen MR) is 68.7 cm³/mol. The van der Waals surface area contributed by atoms with Crippen molar-refractivity contribution in [2.24, 2.45) is 0 Å². The molecule has 1 atom stereocenters. The summed E-state index contributed by atoms with van der Waals surface area (Å²) in [6.45, 7) is 1.77. The Balaban J connectivity index is 2.05. The van der Waals surface area contributed by atoms with E-state index in [0.29, 0.717) is 12.8 Å². The Morgan fingerprint density at radius 3 is 2.44 bits per heavy atom. The number of aliphatic hydroxyl groups is 1. The molecular formula is C15H16FNO. The van der Waals surface area contributed by atoms with Crippen molar-refractivity contribution >= 4 is 0 Å². The molecule has 0 saturated heterocycles. The van der Waals surface area contributed by atoms with Gasteiger partial charge >= 0.3 is 0 Å². The van der Waals surface area contributed by atoms with Crippen LogP contribution >= 0.6 is 0 Å². The fourth-order valence-electron chi connectivity index (χ4n) is 2.00. The molecule has 0 aliphatic rings. The first-order valence-electron chi connectivity index (χ1n) is 5.92. The minimum Gasteiger partial charge on any atom is -0.389 e. The first-order valence-corrected chi connectivity index (χ1v) is 5.92. The van der Waals surface area contributed by atoms with Gasteiger partial charge in [0.2, 0.25) is 0 Å². The highest BCUT2D eigenvalue weighted by molar-refractivity contribution is 5.19. The van der Waals surface area contributed by atoms with Crippen LogP contribution in [0.3, 0.4) is 0 Å². The van der Waals surface area contributed by atoms with E-state index < -0.39 is 5.60 Å². The van der Waals surface area contributed by atoms with E-state index in [1.54, 1.807) is 25.3 Å². The second kappa shape index (κ2) is 5.27. The molecule has 0 radical (unpaired) electrons. The van der Waals surface area contributed by atoms with E-state index in [0.717, 1.165) is 11.3 Å². The van der Waals surface area contributed by atoms with Crippen LogP contribution < -0.4 is 0 Å². The van der Waals surface area contributed by atoms with E-state index in [4.69, 9.17) is 0 Å². The quantitative estimate of drug-likeness (QED) is 0.898. The Morgan fingerprint density at radius 1 is 1.11 bits per heavy atom. The molecule has 0 saturated carbocycles. The lowest BCUT2D eigenvalue weighted by atomic mass is 9.91. The Labute approximate surface area is 106 Å². The summed E-state index contributed by atoms with van der Waals surface area (Å²) in [5.41, 5.74) is 0.883. The van der Waals surface area contributed by atoms with E-state index in [-0.39, 0.29) is 5.82 Å². The summed E-state index contributed by atoms with van der Waals surface area (Å²) in [5.74, 6) is -0.261. The lowest BCUT2D eigenvalue weighted by Gasteiger charge is -2.23. The zero-order valence-corrected chi connectivity index (χ0v) is 10.3. The number of aromatic nitrogens is 1. The molecule has 0 aliphatic carbocycles. The van der Waals surface area contributed by atoms with Crippen LogP contribution in [-0.4, -0.2) is 15.7 Å². The minimum atomic E-state index is -0.883. The Bertz CT molecular complexity index is 494. The molecule has 1 aromatic heterocycles. The van der Waals surface area contributed by atoms with E-state index in [1.807, 2.05) is 18.2 Å². The van der Waals surface area contributed by atoms with Gasteiger partial charge < -0.3 is 5.11 Å². The van der Waals surface area contributed by atoms with Crippen LogP contribution in [0.5, 0.6) is 0 Å². The first-order chi connectivity index (χ1) is 8.55. The van der Waals surface area contributed by atoms with Crippen molar-refractivity contribution in [3.05, 3.63) is 65.7 Å². The molecule has 0 bridgehead atoms. The van der Waals surface area contributed by atoms with Crippen LogP contribution in [0.1, 0.15) is 18.2 Å². The van der Waals surface area contributed by atoms with E-state index in [2.05, 4.69) is 4.98 Å². The summed E-state index contributed by atoms with van der Waals surface area (Å²) in [5, 5.41) is 10.4. The van der Waals surface area contributed by atoms with Crippen LogP contribution in [0.2, 0.25) is 0 Å². The largest absolute Gasteiger partial charge is 0.389 e. The molecule has 1 unspecified atom stereocenters. The van der Waals surface area contributed by atoms with Gasteiger partial charge in [-0.1, -0.05) is 18.2 Å². The molecule has 2 nitrogen and oxygen atoms in total. The lowest BCUT2D eigenvalue weighted by Crippen LogP contribution is -2.30. The Morgan fingerprint density at radius 2 is 1.83 bits per heavy atom. The fourth-order valence-corrected chi connectivity index (χ4v) is 2.00. The van der Waals surface area contributed by atoms with Gasteiger partial charge in [0.05, 0.1) is 5.60 Å². The first kappa shape index (κ1) is 12.7. The molecule has 94 valence electrons. The van der Waals surface area contributed by atoms with Crippen LogP contribution in [0.25, 0.3) is 0 Å². The summed E-state index contributed by atoms with van der Waals surface area (Å²) in [6.07, 6.45) is 2.67. The van der Waals surface area contributed by atoms with Crippen molar-refractivity contribution in [3.63, 3.8) is 0 Å². The van der Waals surface area contributed by atoms with Crippen molar-refractivity contribution in [2.45, 2.75) is 25.4 Å². The highest BCUT2D eigenvalue weighted by Gasteiger charge is 2.22. The molecule has 3 heteroatoms. The topological polar surface area (TPSA) is 33.1 Å². The van der Waals surface area contributed by atoms with Crippen molar-refractivity contribution in [1.29, 1.82) is 0 Å². The van der Waals surface area contributed by atoms with Crippen molar-refractivity contribution in [1.82, 2.24) is 4.98 Å². The molecule has 0 amide bonds. The molecule has 2 aromatic rings. The lowest BCUT2D eigenvalue weighted by molar-refractivity contribution is 0.0598. The van der Waals surface area contributed by atoms with Gasteiger partial charge in [-0.25, -0.2) is 4.39 Å². The second-order valence-corrected chi connectivity index (χ2v) is 4.80. The van der Waals surface area contributed by atoms with E-state index in [1.165, 1.54) is 12.1 Å². The van der Waals surface area contributed by atoms with E-state index >= 15 is 0 Å². The average molecular weight is 245 g/mol. The number of halogens is 1. The molecular weight excluding hydrogens is 229 g/mol. The molecule has 0 spiro atoms. The van der Waals surface area contributed by atoms with Crippen LogP contribution in [0, 0.1) is 5.82 Å². The molecule has 2 rings (SSSR count). The molecule has 0 fully saturated rings. The summed E-state index contributed by atoms with van der Waals surface area (Å²) in [7, 11) is 0. The highest BCUT2D eigenvalue weighted by atomic mass is 19.1. The summed E-state index contributed by atoms with van der Waals surface area (Å²) in [4.78, 5) is 4.20. The number of hydrogen-bond acceptors (Lipinski definition) is 2. The van der Waals surface area contributed by atoms with Gasteiger partial charge in [-0.15, -0.1) is 0 Å². The maximum Gasteiger partial charge on any atom is 0.123 e. The normalized spacial score (nSPS) is 14.2. The number of rotatable bonds is 4. The van der Waals surface area contributed by atoms with Gasteiger partial charge in [-0.3, -0.25) is 4.98 Å². The molecule has 1 N–H and O–H groups in total. The number of hydrogen-bond donors (Lipinski definition) is 1. The van der Waals surface area contributed by atoms with Gasteiger partial charge in [-0.2, -0.15) is 0 Å². The summed E-state index contributed by atoms with van der Waals surface area (Å²) >= 11 is 0. The number of pyridine rings is 1. The minimum absolute atomic E-state index is 0.261. The van der Waals surface area contributed by atoms with E-state index in [9.17, 15) is 9.50 Å². The average Bonchev–Trinajstić information content (AvgIpc) is 2.32. The standard InChI is InChI=1S/C15H16FNO/c1-15(18,11-14-4-2-3-9-17-14)10-12-5-7-13(16)8-6-12/h2-9,18H,10-11H2,1H3. The Hall–Kier alpha value is -1.74. The third-order valence-electron chi connectivity index (χ3n) is 2.79. The molecule has 18 heavy (non-hydrogen) atoms. The van der Waals surface area contributed by atoms with Crippen molar-refractivity contribution in [2.75, 3.05) is 0 Å². The molecule has 1 heterocycles. The summed E-state index contributed by atoms with van der Waals surface area (Å²) < 4.78 is 12.8. The van der Waals surface area contributed by atoms with Crippen LogP contribution in [0.4, 0.5) is 4.39 Å². The third-order valence-corrected chi connectivity index (χ3v) is 2.79. The van der Waals surface area contributed by atoms with Gasteiger partial charge in [-0.05, 0) is 36.8 Å². The molecule has 0 aliphatic heterocycles.